The zero-order valence-electron chi connectivity index (χ0n) is 5.30. The van der Waals surface area contributed by atoms with E-state index in [0.717, 1.165) is 19.3 Å². The Morgan fingerprint density at radius 1 is 1.56 bits per heavy atom. The summed E-state index contributed by atoms with van der Waals surface area (Å²) in [5, 5.41) is 9.29. The van der Waals surface area contributed by atoms with E-state index in [1.165, 1.54) is 11.1 Å². The molecule has 0 bridgehead atoms. The van der Waals surface area contributed by atoms with Gasteiger partial charge in [0.25, 0.3) is 0 Å². The maximum atomic E-state index is 9.29. The highest BCUT2D eigenvalue weighted by Gasteiger charge is 2.22. The standard InChI is InChI=1S/C8H10O/c9-8-5-4-6-2-1-3-7(6)8/h1,3,8-9H,2,4-5H2. The van der Waals surface area contributed by atoms with Crippen LogP contribution in [-0.4, -0.2) is 11.2 Å². The summed E-state index contributed by atoms with van der Waals surface area (Å²) in [5.41, 5.74) is 2.66. The lowest BCUT2D eigenvalue weighted by molar-refractivity contribution is 0.215. The molecule has 0 aromatic carbocycles. The highest BCUT2D eigenvalue weighted by Crippen LogP contribution is 2.33. The fraction of sp³-hybridized carbons (Fsp3) is 0.500. The summed E-state index contributed by atoms with van der Waals surface area (Å²) in [6, 6.07) is 0. The molecule has 1 atom stereocenters. The first kappa shape index (κ1) is 5.24. The van der Waals surface area contributed by atoms with E-state index in [4.69, 9.17) is 0 Å². The highest BCUT2D eigenvalue weighted by molar-refractivity contribution is 5.39. The highest BCUT2D eigenvalue weighted by atomic mass is 16.3. The minimum absolute atomic E-state index is 0.140. The Labute approximate surface area is 54.7 Å². The monoisotopic (exact) mass is 122 g/mol. The van der Waals surface area contributed by atoms with Gasteiger partial charge >= 0.3 is 0 Å². The molecule has 0 saturated carbocycles. The average Bonchev–Trinajstić information content (AvgIpc) is 2.35. The summed E-state index contributed by atoms with van der Waals surface area (Å²) >= 11 is 0. The number of aliphatic hydroxyl groups excluding tert-OH is 1. The van der Waals surface area contributed by atoms with Gasteiger partial charge < -0.3 is 5.11 Å². The normalized spacial score (nSPS) is 31.9. The van der Waals surface area contributed by atoms with Crippen molar-refractivity contribution in [1.82, 2.24) is 0 Å². The first-order valence-electron chi connectivity index (χ1n) is 3.44. The van der Waals surface area contributed by atoms with Gasteiger partial charge in [0, 0.05) is 0 Å². The van der Waals surface area contributed by atoms with Crippen LogP contribution in [0.3, 0.4) is 0 Å². The molecule has 0 amide bonds. The first-order valence-corrected chi connectivity index (χ1v) is 3.44. The third kappa shape index (κ3) is 0.648. The summed E-state index contributed by atoms with van der Waals surface area (Å²) < 4.78 is 0. The fourth-order valence-electron chi connectivity index (χ4n) is 1.62. The molecule has 0 heterocycles. The van der Waals surface area contributed by atoms with Crippen molar-refractivity contribution in [2.75, 3.05) is 0 Å². The van der Waals surface area contributed by atoms with Crippen LogP contribution in [0.25, 0.3) is 0 Å². The quantitative estimate of drug-likeness (QED) is 0.515. The molecule has 1 unspecified atom stereocenters. The van der Waals surface area contributed by atoms with E-state index in [1.54, 1.807) is 0 Å². The molecule has 48 valence electrons. The van der Waals surface area contributed by atoms with Gasteiger partial charge in [-0.05, 0) is 24.8 Å². The maximum Gasteiger partial charge on any atom is 0.0792 e. The third-order valence-electron chi connectivity index (χ3n) is 2.15. The van der Waals surface area contributed by atoms with Gasteiger partial charge in [0.05, 0.1) is 6.10 Å². The Kier molecular flexibility index (Phi) is 0.995. The van der Waals surface area contributed by atoms with Crippen molar-refractivity contribution in [3.8, 4) is 0 Å². The van der Waals surface area contributed by atoms with Crippen LogP contribution in [0.15, 0.2) is 23.3 Å². The van der Waals surface area contributed by atoms with E-state index in [9.17, 15) is 5.11 Å². The maximum absolute atomic E-state index is 9.29. The van der Waals surface area contributed by atoms with Crippen LogP contribution >= 0.6 is 0 Å². The lowest BCUT2D eigenvalue weighted by Crippen LogP contribution is -2.01. The Hall–Kier alpha value is -0.560. The van der Waals surface area contributed by atoms with Gasteiger partial charge in [0.1, 0.15) is 0 Å². The molecule has 9 heavy (non-hydrogen) atoms. The molecule has 0 spiro atoms. The molecule has 2 aliphatic carbocycles. The van der Waals surface area contributed by atoms with Gasteiger partial charge in [-0.25, -0.2) is 0 Å². The van der Waals surface area contributed by atoms with Crippen molar-refractivity contribution >= 4 is 0 Å². The van der Waals surface area contributed by atoms with Gasteiger partial charge in [0.2, 0.25) is 0 Å². The van der Waals surface area contributed by atoms with Crippen LogP contribution < -0.4 is 0 Å². The number of aliphatic hydroxyl groups is 1. The van der Waals surface area contributed by atoms with Crippen molar-refractivity contribution in [3.63, 3.8) is 0 Å². The number of rotatable bonds is 0. The van der Waals surface area contributed by atoms with Crippen LogP contribution in [0.4, 0.5) is 0 Å². The average molecular weight is 122 g/mol. The van der Waals surface area contributed by atoms with E-state index in [0.29, 0.717) is 0 Å². The molecule has 1 nitrogen and oxygen atoms in total. The van der Waals surface area contributed by atoms with E-state index in [1.807, 2.05) is 0 Å². The molecule has 0 saturated heterocycles. The van der Waals surface area contributed by atoms with E-state index in [-0.39, 0.29) is 6.10 Å². The molecule has 0 aromatic rings. The zero-order chi connectivity index (χ0) is 6.27. The molecule has 1 heteroatoms. The van der Waals surface area contributed by atoms with E-state index in [2.05, 4.69) is 12.2 Å². The Balaban J connectivity index is 2.33. The second-order valence-corrected chi connectivity index (χ2v) is 2.72. The molecular weight excluding hydrogens is 112 g/mol. The molecule has 0 aliphatic heterocycles. The van der Waals surface area contributed by atoms with Crippen molar-refractivity contribution in [2.45, 2.75) is 25.4 Å². The molecule has 0 aromatic heterocycles. The van der Waals surface area contributed by atoms with Crippen molar-refractivity contribution < 1.29 is 5.11 Å². The van der Waals surface area contributed by atoms with Crippen LogP contribution in [0.5, 0.6) is 0 Å². The summed E-state index contributed by atoms with van der Waals surface area (Å²) in [7, 11) is 0. The molecule has 0 radical (unpaired) electrons. The van der Waals surface area contributed by atoms with Gasteiger partial charge in [0.15, 0.2) is 0 Å². The van der Waals surface area contributed by atoms with Crippen LogP contribution in [0.2, 0.25) is 0 Å². The Morgan fingerprint density at radius 2 is 2.44 bits per heavy atom. The minimum atomic E-state index is -0.140. The lowest BCUT2D eigenvalue weighted by Gasteiger charge is -1.99. The topological polar surface area (TPSA) is 20.2 Å². The molecule has 2 rings (SSSR count). The minimum Gasteiger partial charge on any atom is -0.388 e. The molecule has 1 N–H and O–H groups in total. The SMILES string of the molecule is OC1CCC2=C1C=CC2. The van der Waals surface area contributed by atoms with Crippen LogP contribution in [-0.2, 0) is 0 Å². The Morgan fingerprint density at radius 3 is 3.22 bits per heavy atom. The van der Waals surface area contributed by atoms with Crippen molar-refractivity contribution in [3.05, 3.63) is 23.3 Å². The van der Waals surface area contributed by atoms with Gasteiger partial charge in [-0.3, -0.25) is 0 Å². The van der Waals surface area contributed by atoms with Crippen LogP contribution in [0.1, 0.15) is 19.3 Å². The molecular formula is C8H10O. The van der Waals surface area contributed by atoms with E-state index < -0.39 is 0 Å². The van der Waals surface area contributed by atoms with Gasteiger partial charge in [-0.1, -0.05) is 17.7 Å². The number of hydrogen-bond donors (Lipinski definition) is 1. The van der Waals surface area contributed by atoms with Crippen molar-refractivity contribution in [1.29, 1.82) is 0 Å². The lowest BCUT2D eigenvalue weighted by atomic mass is 10.2. The summed E-state index contributed by atoms with van der Waals surface area (Å²) in [6.07, 6.45) is 7.21. The molecule has 0 fully saturated rings. The second-order valence-electron chi connectivity index (χ2n) is 2.72. The number of allylic oxidation sites excluding steroid dienone is 2. The van der Waals surface area contributed by atoms with E-state index >= 15 is 0 Å². The smallest absolute Gasteiger partial charge is 0.0792 e. The number of hydrogen-bond acceptors (Lipinski definition) is 1. The fourth-order valence-corrected chi connectivity index (χ4v) is 1.62. The molecule has 2 aliphatic rings. The summed E-state index contributed by atoms with van der Waals surface area (Å²) in [6.45, 7) is 0. The third-order valence-corrected chi connectivity index (χ3v) is 2.15. The Bertz CT molecular complexity index is 189. The summed E-state index contributed by atoms with van der Waals surface area (Å²) in [4.78, 5) is 0. The summed E-state index contributed by atoms with van der Waals surface area (Å²) in [5.74, 6) is 0. The first-order chi connectivity index (χ1) is 4.38. The largest absolute Gasteiger partial charge is 0.388 e. The second kappa shape index (κ2) is 1.71. The predicted molar refractivity (Wildman–Crippen MR) is 36.0 cm³/mol. The van der Waals surface area contributed by atoms with Crippen molar-refractivity contribution in [2.24, 2.45) is 0 Å². The van der Waals surface area contributed by atoms with Crippen LogP contribution in [0, 0.1) is 0 Å². The zero-order valence-corrected chi connectivity index (χ0v) is 5.30. The predicted octanol–water partition coefficient (Wildman–Crippen LogP) is 1.40. The van der Waals surface area contributed by atoms with Gasteiger partial charge in [-0.2, -0.15) is 0 Å². The van der Waals surface area contributed by atoms with Gasteiger partial charge in [-0.15, -0.1) is 0 Å².